The van der Waals surface area contributed by atoms with Crippen LogP contribution in [0.1, 0.15) is 36.0 Å². The second-order valence-corrected chi connectivity index (χ2v) is 6.06. The zero-order valence-corrected chi connectivity index (χ0v) is 13.3. The summed E-state index contributed by atoms with van der Waals surface area (Å²) in [4.78, 5) is 26.1. The van der Waals surface area contributed by atoms with Gasteiger partial charge in [-0.2, -0.15) is 0 Å². The number of nitrogens with zero attached hydrogens (tertiary/aromatic N) is 1. The van der Waals surface area contributed by atoms with Crippen LogP contribution in [0.2, 0.25) is 0 Å². The van der Waals surface area contributed by atoms with E-state index in [9.17, 15) is 9.59 Å². The van der Waals surface area contributed by atoms with Crippen molar-refractivity contribution < 1.29 is 9.59 Å². The first-order chi connectivity index (χ1) is 10.1. The van der Waals surface area contributed by atoms with Crippen molar-refractivity contribution in [1.29, 1.82) is 0 Å². The van der Waals surface area contributed by atoms with E-state index in [1.54, 1.807) is 12.1 Å². The minimum Gasteiger partial charge on any atom is -0.349 e. The van der Waals surface area contributed by atoms with Crippen molar-refractivity contribution in [2.75, 3.05) is 13.1 Å². The minimum absolute atomic E-state index is 0. The summed E-state index contributed by atoms with van der Waals surface area (Å²) < 4.78 is 0. The van der Waals surface area contributed by atoms with Gasteiger partial charge in [0.1, 0.15) is 0 Å². The molecule has 0 aromatic heterocycles. The molecule has 1 aliphatic carbocycles. The van der Waals surface area contributed by atoms with Gasteiger partial charge in [-0.25, -0.2) is 0 Å². The van der Waals surface area contributed by atoms with E-state index in [1.165, 1.54) is 0 Å². The van der Waals surface area contributed by atoms with Crippen LogP contribution in [0.3, 0.4) is 0 Å². The van der Waals surface area contributed by atoms with Crippen molar-refractivity contribution in [3.05, 3.63) is 35.9 Å². The minimum atomic E-state index is -0.583. The summed E-state index contributed by atoms with van der Waals surface area (Å²) in [6.07, 6.45) is 3.19. The van der Waals surface area contributed by atoms with Crippen molar-refractivity contribution in [3.63, 3.8) is 0 Å². The van der Waals surface area contributed by atoms with Crippen molar-refractivity contribution in [2.45, 2.75) is 37.3 Å². The lowest BCUT2D eigenvalue weighted by molar-refractivity contribution is -0.134. The molecule has 3 N–H and O–H groups in total. The summed E-state index contributed by atoms with van der Waals surface area (Å²) in [6.45, 7) is 1.36. The second-order valence-electron chi connectivity index (χ2n) is 6.06. The molecule has 0 unspecified atom stereocenters. The molecule has 5 nitrogen and oxygen atoms in total. The first-order valence-electron chi connectivity index (χ1n) is 7.53. The van der Waals surface area contributed by atoms with Gasteiger partial charge in [-0.1, -0.05) is 18.2 Å². The Labute approximate surface area is 136 Å². The number of hydrogen-bond donors (Lipinski definition) is 2. The van der Waals surface area contributed by atoms with Gasteiger partial charge in [-0.15, -0.1) is 12.4 Å². The van der Waals surface area contributed by atoms with E-state index >= 15 is 0 Å². The molecule has 0 spiro atoms. The van der Waals surface area contributed by atoms with Gasteiger partial charge in [-0.3, -0.25) is 9.59 Å². The van der Waals surface area contributed by atoms with E-state index in [0.717, 1.165) is 25.7 Å². The van der Waals surface area contributed by atoms with E-state index in [0.29, 0.717) is 18.7 Å². The first kappa shape index (κ1) is 16.8. The fraction of sp³-hybridized carbons (Fsp3) is 0.500. The molecule has 2 fully saturated rings. The first-order valence-corrected chi connectivity index (χ1v) is 7.53. The van der Waals surface area contributed by atoms with Crippen LogP contribution in [0.5, 0.6) is 0 Å². The van der Waals surface area contributed by atoms with Crippen LogP contribution in [0.15, 0.2) is 30.3 Å². The summed E-state index contributed by atoms with van der Waals surface area (Å²) in [5.41, 5.74) is 6.04. The van der Waals surface area contributed by atoms with Gasteiger partial charge in [0, 0.05) is 24.7 Å². The number of hydrogen-bond acceptors (Lipinski definition) is 3. The van der Waals surface area contributed by atoms with Crippen LogP contribution in [0.4, 0.5) is 0 Å². The van der Waals surface area contributed by atoms with Gasteiger partial charge in [0.05, 0.1) is 5.54 Å². The number of carbonyl (C=O) groups excluding carboxylic acids is 2. The Morgan fingerprint density at radius 3 is 2.27 bits per heavy atom. The molecule has 22 heavy (non-hydrogen) atoms. The molecule has 1 saturated heterocycles. The Kier molecular flexibility index (Phi) is 5.08. The molecular weight excluding hydrogens is 302 g/mol. The fourth-order valence-electron chi connectivity index (χ4n) is 2.75. The van der Waals surface area contributed by atoms with Gasteiger partial charge in [0.25, 0.3) is 5.91 Å². The lowest BCUT2D eigenvalue weighted by Gasteiger charge is -2.34. The summed E-state index contributed by atoms with van der Waals surface area (Å²) >= 11 is 0. The molecule has 1 aromatic carbocycles. The van der Waals surface area contributed by atoms with Crippen LogP contribution in [-0.2, 0) is 4.79 Å². The number of amides is 2. The summed E-state index contributed by atoms with van der Waals surface area (Å²) in [5, 5.41) is 3.04. The molecule has 3 rings (SSSR count). The average Bonchev–Trinajstić information content (AvgIpc) is 3.27. The van der Waals surface area contributed by atoms with Gasteiger partial charge in [0.15, 0.2) is 0 Å². The Balaban J connectivity index is 0.00000176. The zero-order valence-electron chi connectivity index (χ0n) is 12.5. The molecule has 0 radical (unpaired) electrons. The molecule has 2 aliphatic rings. The number of halogens is 1. The molecule has 2 amide bonds. The van der Waals surface area contributed by atoms with E-state index in [2.05, 4.69) is 5.32 Å². The standard InChI is InChI=1S/C16H21N3O2.ClH/c17-16(8-9-16)15(21)19-10-6-13(7-11-19)18-14(20)12-4-2-1-3-5-12;/h1-5,13H,6-11,17H2,(H,18,20);1H. The lowest BCUT2D eigenvalue weighted by atomic mass is 10.0. The quantitative estimate of drug-likeness (QED) is 0.881. The number of rotatable bonds is 3. The van der Waals surface area contributed by atoms with Crippen LogP contribution >= 0.6 is 12.4 Å². The summed E-state index contributed by atoms with van der Waals surface area (Å²) in [7, 11) is 0. The Morgan fingerprint density at radius 2 is 1.73 bits per heavy atom. The smallest absolute Gasteiger partial charge is 0.251 e. The zero-order chi connectivity index (χ0) is 14.9. The highest BCUT2D eigenvalue weighted by Crippen LogP contribution is 2.34. The molecule has 120 valence electrons. The summed E-state index contributed by atoms with van der Waals surface area (Å²) in [6, 6.07) is 9.34. The summed E-state index contributed by atoms with van der Waals surface area (Å²) in [5.74, 6) is 0.0354. The van der Waals surface area contributed by atoms with Crippen molar-refractivity contribution in [1.82, 2.24) is 10.2 Å². The van der Waals surface area contributed by atoms with Crippen molar-refractivity contribution >= 4 is 24.2 Å². The molecular formula is C16H22ClN3O2. The van der Waals surface area contributed by atoms with E-state index < -0.39 is 5.54 Å². The monoisotopic (exact) mass is 323 g/mol. The average molecular weight is 324 g/mol. The number of piperidine rings is 1. The predicted molar refractivity (Wildman–Crippen MR) is 86.9 cm³/mol. The maximum absolute atomic E-state index is 12.1. The van der Waals surface area contributed by atoms with Gasteiger partial charge in [-0.05, 0) is 37.8 Å². The number of nitrogens with two attached hydrogens (primary N) is 1. The van der Waals surface area contributed by atoms with Crippen LogP contribution in [0, 0.1) is 0 Å². The molecule has 1 aromatic rings. The van der Waals surface area contributed by atoms with Crippen LogP contribution in [0.25, 0.3) is 0 Å². The Bertz CT molecular complexity index is 538. The largest absolute Gasteiger partial charge is 0.349 e. The van der Waals surface area contributed by atoms with Crippen molar-refractivity contribution in [2.24, 2.45) is 5.73 Å². The highest BCUT2D eigenvalue weighted by atomic mass is 35.5. The topological polar surface area (TPSA) is 75.4 Å². The third-order valence-electron chi connectivity index (χ3n) is 4.37. The maximum Gasteiger partial charge on any atom is 0.251 e. The maximum atomic E-state index is 12.1. The van der Waals surface area contributed by atoms with Gasteiger partial charge >= 0.3 is 0 Å². The van der Waals surface area contributed by atoms with E-state index in [-0.39, 0.29) is 30.3 Å². The van der Waals surface area contributed by atoms with Gasteiger partial charge in [0.2, 0.25) is 5.91 Å². The molecule has 1 saturated carbocycles. The number of benzene rings is 1. The number of nitrogens with one attached hydrogen (secondary N) is 1. The van der Waals surface area contributed by atoms with Gasteiger partial charge < -0.3 is 16.0 Å². The highest BCUT2D eigenvalue weighted by Gasteiger charge is 2.48. The second kappa shape index (κ2) is 6.67. The SMILES string of the molecule is Cl.NC1(C(=O)N2CCC(NC(=O)c3ccccc3)CC2)CC1. The molecule has 1 aliphatic heterocycles. The fourth-order valence-corrected chi connectivity index (χ4v) is 2.75. The lowest BCUT2D eigenvalue weighted by Crippen LogP contribution is -2.52. The predicted octanol–water partition coefficient (Wildman–Crippen LogP) is 1.32. The molecule has 1 heterocycles. The third kappa shape index (κ3) is 3.59. The van der Waals surface area contributed by atoms with E-state index in [4.69, 9.17) is 5.73 Å². The molecule has 0 atom stereocenters. The normalized spacial score (nSPS) is 20.0. The van der Waals surface area contributed by atoms with Crippen molar-refractivity contribution in [3.8, 4) is 0 Å². The Morgan fingerprint density at radius 1 is 1.14 bits per heavy atom. The van der Waals surface area contributed by atoms with E-state index in [1.807, 2.05) is 23.1 Å². The molecule has 6 heteroatoms. The molecule has 0 bridgehead atoms. The van der Waals surface area contributed by atoms with Crippen LogP contribution in [-0.4, -0.2) is 41.4 Å². The Hall–Kier alpha value is -1.59. The van der Waals surface area contributed by atoms with Crippen LogP contribution < -0.4 is 11.1 Å². The third-order valence-corrected chi connectivity index (χ3v) is 4.37. The number of likely N-dealkylation sites (tertiary alicyclic amines) is 1. The number of carbonyl (C=O) groups is 2. The highest BCUT2D eigenvalue weighted by molar-refractivity contribution is 5.94.